The molecule has 6 heteroatoms. The number of hydrogen-bond donors (Lipinski definition) is 4. The monoisotopic (exact) mass is 266 g/mol. The first-order chi connectivity index (χ1) is 9.58. The normalized spacial score (nSPS) is 11.6. The smallest absolute Gasteiger partial charge is 0.214 e. The first-order valence-electron chi connectivity index (χ1n) is 6.05. The van der Waals surface area contributed by atoms with Crippen molar-refractivity contribution in [3.63, 3.8) is 0 Å². The van der Waals surface area contributed by atoms with Crippen LogP contribution in [0.4, 0.5) is 5.69 Å². The second kappa shape index (κ2) is 4.27. The summed E-state index contributed by atoms with van der Waals surface area (Å²) in [6, 6.07) is 9.77. The Morgan fingerprint density at radius 3 is 2.35 bits per heavy atom. The van der Waals surface area contributed by atoms with Gasteiger partial charge in [0.05, 0.1) is 5.69 Å². The van der Waals surface area contributed by atoms with Crippen molar-refractivity contribution in [2.45, 2.75) is 0 Å². The van der Waals surface area contributed by atoms with Crippen molar-refractivity contribution in [1.29, 1.82) is 5.41 Å². The third-order valence-electron chi connectivity index (χ3n) is 3.20. The highest BCUT2D eigenvalue weighted by atomic mass is 15.5. The fourth-order valence-electron chi connectivity index (χ4n) is 2.44. The summed E-state index contributed by atoms with van der Waals surface area (Å²) in [5.41, 5.74) is 19.3. The van der Waals surface area contributed by atoms with Gasteiger partial charge in [-0.05, 0) is 22.6 Å². The average Bonchev–Trinajstić information content (AvgIpc) is 2.82. The van der Waals surface area contributed by atoms with Gasteiger partial charge in [0.1, 0.15) is 0 Å². The van der Waals surface area contributed by atoms with Gasteiger partial charge in [0.25, 0.3) is 0 Å². The number of nitrogens with two attached hydrogens (primary N) is 3. The number of anilines is 1. The minimum Gasteiger partial charge on any atom is -0.369 e. The SMILES string of the molecule is N=C(N)N(N=C(N)N)c1ccc2c3c(cccc13)C=C2. The minimum absolute atomic E-state index is 0.151. The molecule has 0 unspecified atom stereocenters. The lowest BCUT2D eigenvalue weighted by molar-refractivity contribution is 1.08. The lowest BCUT2D eigenvalue weighted by atomic mass is 10.0. The summed E-state index contributed by atoms with van der Waals surface area (Å²) in [7, 11) is 0. The van der Waals surface area contributed by atoms with Crippen LogP contribution in [-0.4, -0.2) is 11.9 Å². The van der Waals surface area contributed by atoms with Gasteiger partial charge in [-0.3, -0.25) is 5.41 Å². The predicted molar refractivity (Wildman–Crippen MR) is 83.1 cm³/mol. The predicted octanol–water partition coefficient (Wildman–Crippen LogP) is 1.21. The van der Waals surface area contributed by atoms with Gasteiger partial charge in [-0.15, -0.1) is 5.10 Å². The molecule has 0 saturated heterocycles. The van der Waals surface area contributed by atoms with E-state index < -0.39 is 0 Å². The van der Waals surface area contributed by atoms with Crippen LogP contribution in [0.3, 0.4) is 0 Å². The highest BCUT2D eigenvalue weighted by Crippen LogP contribution is 2.36. The van der Waals surface area contributed by atoms with Crippen LogP contribution in [0.5, 0.6) is 0 Å². The van der Waals surface area contributed by atoms with Gasteiger partial charge in [0.2, 0.25) is 11.9 Å². The number of hydrazone groups is 1. The molecule has 2 aromatic rings. The number of benzene rings is 2. The lowest BCUT2D eigenvalue weighted by Crippen LogP contribution is -2.36. The Labute approximate surface area is 115 Å². The molecular weight excluding hydrogens is 252 g/mol. The van der Waals surface area contributed by atoms with Gasteiger partial charge in [0.15, 0.2) is 0 Å². The summed E-state index contributed by atoms with van der Waals surface area (Å²) in [6.45, 7) is 0. The van der Waals surface area contributed by atoms with Crippen LogP contribution < -0.4 is 22.2 Å². The van der Waals surface area contributed by atoms with Gasteiger partial charge in [-0.25, -0.2) is 0 Å². The standard InChI is InChI=1S/C14H14N6/c15-13(16)19-20(14(17)18)11-7-6-9-5-4-8-2-1-3-10(11)12(8)9/h1-7H,(H3,17,18)(H4,15,16,19). The van der Waals surface area contributed by atoms with Crippen molar-refractivity contribution in [2.75, 3.05) is 5.01 Å². The Morgan fingerprint density at radius 1 is 1.00 bits per heavy atom. The Bertz CT molecular complexity index is 758. The van der Waals surface area contributed by atoms with Gasteiger partial charge in [-0.2, -0.15) is 5.01 Å². The van der Waals surface area contributed by atoms with Crippen LogP contribution in [-0.2, 0) is 0 Å². The fraction of sp³-hybridized carbons (Fsp3) is 0. The van der Waals surface area contributed by atoms with Crippen molar-refractivity contribution >= 4 is 40.5 Å². The number of nitrogens with zero attached hydrogens (tertiary/aromatic N) is 2. The van der Waals surface area contributed by atoms with E-state index in [1.807, 2.05) is 30.3 Å². The molecule has 7 N–H and O–H groups in total. The number of hydrogen-bond acceptors (Lipinski definition) is 2. The second-order valence-corrected chi connectivity index (χ2v) is 4.50. The second-order valence-electron chi connectivity index (χ2n) is 4.50. The molecule has 0 saturated carbocycles. The number of nitrogens with one attached hydrogen (secondary N) is 1. The van der Waals surface area contributed by atoms with Gasteiger partial charge >= 0.3 is 0 Å². The van der Waals surface area contributed by atoms with E-state index in [1.165, 1.54) is 5.01 Å². The van der Waals surface area contributed by atoms with Crippen LogP contribution in [0.25, 0.3) is 22.9 Å². The summed E-state index contributed by atoms with van der Waals surface area (Å²) in [6.07, 6.45) is 4.11. The van der Waals surface area contributed by atoms with E-state index in [4.69, 9.17) is 22.6 Å². The maximum Gasteiger partial charge on any atom is 0.214 e. The first kappa shape index (κ1) is 12.0. The lowest BCUT2D eigenvalue weighted by Gasteiger charge is -2.19. The zero-order valence-corrected chi connectivity index (χ0v) is 10.7. The molecule has 0 heterocycles. The molecule has 1 aliphatic carbocycles. The molecule has 0 spiro atoms. The Kier molecular flexibility index (Phi) is 2.57. The van der Waals surface area contributed by atoms with Crippen LogP contribution in [0, 0.1) is 5.41 Å². The third kappa shape index (κ3) is 1.74. The summed E-state index contributed by atoms with van der Waals surface area (Å²) in [4.78, 5) is 0. The van der Waals surface area contributed by atoms with Crippen molar-refractivity contribution < 1.29 is 0 Å². The van der Waals surface area contributed by atoms with Gasteiger partial charge in [-0.1, -0.05) is 36.4 Å². The van der Waals surface area contributed by atoms with Crippen molar-refractivity contribution in [1.82, 2.24) is 0 Å². The quantitative estimate of drug-likeness (QED) is 0.317. The van der Waals surface area contributed by atoms with Crippen LogP contribution >= 0.6 is 0 Å². The molecule has 2 aromatic carbocycles. The van der Waals surface area contributed by atoms with E-state index >= 15 is 0 Å². The van der Waals surface area contributed by atoms with Gasteiger partial charge < -0.3 is 17.2 Å². The molecule has 0 bridgehead atoms. The molecule has 0 aliphatic heterocycles. The van der Waals surface area contributed by atoms with Crippen molar-refractivity contribution in [3.05, 3.63) is 41.5 Å². The zero-order valence-electron chi connectivity index (χ0n) is 10.7. The molecule has 3 rings (SSSR count). The third-order valence-corrected chi connectivity index (χ3v) is 3.20. The Balaban J connectivity index is 2.28. The van der Waals surface area contributed by atoms with E-state index in [1.54, 1.807) is 0 Å². The summed E-state index contributed by atoms with van der Waals surface area (Å²) < 4.78 is 0. The molecule has 0 radical (unpaired) electrons. The first-order valence-corrected chi connectivity index (χ1v) is 6.05. The largest absolute Gasteiger partial charge is 0.369 e. The molecule has 0 fully saturated rings. The number of guanidine groups is 2. The van der Waals surface area contributed by atoms with E-state index in [0.29, 0.717) is 5.69 Å². The van der Waals surface area contributed by atoms with Crippen molar-refractivity contribution in [3.8, 4) is 0 Å². The Morgan fingerprint density at radius 2 is 1.70 bits per heavy atom. The Hall–Kier alpha value is -3.02. The maximum atomic E-state index is 7.65. The molecule has 0 aromatic heterocycles. The molecule has 0 atom stereocenters. The highest BCUT2D eigenvalue weighted by Gasteiger charge is 2.17. The van der Waals surface area contributed by atoms with Crippen LogP contribution in [0.1, 0.15) is 11.1 Å². The van der Waals surface area contributed by atoms with Gasteiger partial charge in [0, 0.05) is 5.39 Å². The number of rotatable bonds is 2. The summed E-state index contributed by atoms with van der Waals surface area (Å²) in [5.74, 6) is -0.397. The highest BCUT2D eigenvalue weighted by molar-refractivity contribution is 6.12. The summed E-state index contributed by atoms with van der Waals surface area (Å²) >= 11 is 0. The molecule has 1 aliphatic rings. The molecule has 6 nitrogen and oxygen atoms in total. The topological polar surface area (TPSA) is 118 Å². The molecule has 0 amide bonds. The minimum atomic E-state index is -0.245. The summed E-state index contributed by atoms with van der Waals surface area (Å²) in [5, 5.41) is 14.9. The molecule has 20 heavy (non-hydrogen) atoms. The fourth-order valence-corrected chi connectivity index (χ4v) is 2.44. The van der Waals surface area contributed by atoms with E-state index in [-0.39, 0.29) is 11.9 Å². The van der Waals surface area contributed by atoms with E-state index in [2.05, 4.69) is 17.3 Å². The zero-order chi connectivity index (χ0) is 14.3. The maximum absolute atomic E-state index is 7.65. The van der Waals surface area contributed by atoms with E-state index in [9.17, 15) is 0 Å². The van der Waals surface area contributed by atoms with E-state index in [0.717, 1.165) is 21.9 Å². The van der Waals surface area contributed by atoms with Crippen molar-refractivity contribution in [2.24, 2.45) is 22.3 Å². The van der Waals surface area contributed by atoms with Crippen LogP contribution in [0.2, 0.25) is 0 Å². The molecular formula is C14H14N6. The average molecular weight is 266 g/mol. The molecule has 100 valence electrons. The van der Waals surface area contributed by atoms with Crippen LogP contribution in [0.15, 0.2) is 35.4 Å².